The summed E-state index contributed by atoms with van der Waals surface area (Å²) in [6.07, 6.45) is 1.18. The minimum absolute atomic E-state index is 0.484. The van der Waals surface area contributed by atoms with Crippen LogP contribution in [0.2, 0.25) is 0 Å². The Bertz CT molecular complexity index is 305. The summed E-state index contributed by atoms with van der Waals surface area (Å²) in [7, 11) is 0. The van der Waals surface area contributed by atoms with Crippen LogP contribution in [0.5, 0.6) is 0 Å². The van der Waals surface area contributed by atoms with Gasteiger partial charge in [-0.2, -0.15) is 11.8 Å². The maximum atomic E-state index is 4.75. The predicted molar refractivity (Wildman–Crippen MR) is 68.9 cm³/mol. The number of nitrogens with one attached hydrogen (secondary N) is 1. The van der Waals surface area contributed by atoms with Crippen LogP contribution in [0.4, 0.5) is 0 Å². The lowest BCUT2D eigenvalue weighted by atomic mass is 10.1. The van der Waals surface area contributed by atoms with Crippen LogP contribution in [-0.2, 0) is 0 Å². The van der Waals surface area contributed by atoms with E-state index in [4.69, 9.17) is 4.98 Å². The Hall–Kier alpha value is -0.0600. The zero-order valence-corrected chi connectivity index (χ0v) is 11.0. The van der Waals surface area contributed by atoms with E-state index < -0.39 is 0 Å². The van der Waals surface area contributed by atoms with Gasteiger partial charge in [0.2, 0.25) is 0 Å². The van der Waals surface area contributed by atoms with Gasteiger partial charge >= 0.3 is 0 Å². The lowest BCUT2D eigenvalue weighted by molar-refractivity contribution is 0.579. The second-order valence-electron chi connectivity index (χ2n) is 4.00. The first-order valence-electron chi connectivity index (χ1n) is 5.57. The highest BCUT2D eigenvalue weighted by Gasteiger charge is 2.18. The van der Waals surface area contributed by atoms with Gasteiger partial charge in [-0.05, 0) is 6.42 Å². The topological polar surface area (TPSA) is 24.9 Å². The van der Waals surface area contributed by atoms with Crippen molar-refractivity contribution < 1.29 is 0 Å². The Morgan fingerprint density at radius 2 is 2.53 bits per heavy atom. The minimum Gasteiger partial charge on any atom is -0.307 e. The van der Waals surface area contributed by atoms with Crippen LogP contribution in [0, 0.1) is 0 Å². The third kappa shape index (κ3) is 2.74. The summed E-state index contributed by atoms with van der Waals surface area (Å²) in [5, 5.41) is 7.05. The van der Waals surface area contributed by atoms with Gasteiger partial charge < -0.3 is 5.32 Å². The monoisotopic (exact) mass is 242 g/mol. The molecule has 2 atom stereocenters. The molecule has 0 aromatic carbocycles. The Labute approximate surface area is 99.9 Å². The van der Waals surface area contributed by atoms with E-state index in [1.807, 2.05) is 23.1 Å². The van der Waals surface area contributed by atoms with Crippen molar-refractivity contribution in [1.29, 1.82) is 0 Å². The van der Waals surface area contributed by atoms with Gasteiger partial charge in [0.15, 0.2) is 0 Å². The number of thioether (sulfide) groups is 1. The molecule has 0 radical (unpaired) electrons. The van der Waals surface area contributed by atoms with Gasteiger partial charge in [0.25, 0.3) is 0 Å². The van der Waals surface area contributed by atoms with E-state index in [1.165, 1.54) is 28.6 Å². The van der Waals surface area contributed by atoms with Crippen LogP contribution in [-0.4, -0.2) is 23.0 Å². The molecular formula is C11H18N2S2. The van der Waals surface area contributed by atoms with Crippen LogP contribution in [0.25, 0.3) is 0 Å². The normalized spacial score (nSPS) is 24.0. The fourth-order valence-electron chi connectivity index (χ4n) is 1.62. The van der Waals surface area contributed by atoms with Gasteiger partial charge in [0.1, 0.15) is 0 Å². The molecule has 2 rings (SSSR count). The number of rotatable bonds is 3. The lowest BCUT2D eigenvalue weighted by Crippen LogP contribution is -2.30. The molecule has 0 aliphatic carbocycles. The van der Waals surface area contributed by atoms with E-state index in [-0.39, 0.29) is 0 Å². The van der Waals surface area contributed by atoms with E-state index in [9.17, 15) is 0 Å². The van der Waals surface area contributed by atoms with Crippen LogP contribution in [0.15, 0.2) is 5.38 Å². The van der Waals surface area contributed by atoms with Crippen LogP contribution in [0.1, 0.15) is 42.9 Å². The molecular weight excluding hydrogens is 224 g/mol. The molecule has 2 heterocycles. The average Bonchev–Trinajstić information content (AvgIpc) is 2.78. The number of hydrogen-bond donors (Lipinski definition) is 1. The second kappa shape index (κ2) is 5.32. The molecule has 0 spiro atoms. The second-order valence-corrected chi connectivity index (χ2v) is 6.04. The molecule has 2 unspecified atom stereocenters. The largest absolute Gasteiger partial charge is 0.307 e. The molecule has 1 fully saturated rings. The quantitative estimate of drug-likeness (QED) is 0.882. The van der Waals surface area contributed by atoms with Crippen molar-refractivity contribution in [1.82, 2.24) is 10.3 Å². The Balaban J connectivity index is 2.05. The van der Waals surface area contributed by atoms with Gasteiger partial charge in [-0.1, -0.05) is 13.8 Å². The fourth-order valence-corrected chi connectivity index (χ4v) is 3.59. The summed E-state index contributed by atoms with van der Waals surface area (Å²) >= 11 is 3.84. The van der Waals surface area contributed by atoms with E-state index in [0.29, 0.717) is 12.0 Å². The van der Waals surface area contributed by atoms with Gasteiger partial charge in [-0.25, -0.2) is 4.98 Å². The van der Waals surface area contributed by atoms with Gasteiger partial charge in [0, 0.05) is 29.3 Å². The molecule has 1 aromatic rings. The van der Waals surface area contributed by atoms with E-state index >= 15 is 0 Å². The van der Waals surface area contributed by atoms with Crippen LogP contribution < -0.4 is 5.32 Å². The van der Waals surface area contributed by atoms with Gasteiger partial charge in [-0.3, -0.25) is 0 Å². The molecule has 84 valence electrons. The smallest absolute Gasteiger partial charge is 0.0957 e. The molecule has 0 amide bonds. The number of hydrogen-bond acceptors (Lipinski definition) is 4. The van der Waals surface area contributed by atoms with E-state index in [0.717, 1.165) is 6.54 Å². The average molecular weight is 242 g/mol. The van der Waals surface area contributed by atoms with Gasteiger partial charge in [-0.15, -0.1) is 11.3 Å². The highest BCUT2D eigenvalue weighted by molar-refractivity contribution is 7.99. The SMILES string of the molecule is CCC(C)c1nc(C2CSCCN2)cs1. The summed E-state index contributed by atoms with van der Waals surface area (Å²) in [5.74, 6) is 3.02. The first-order chi connectivity index (χ1) is 7.31. The van der Waals surface area contributed by atoms with Crippen molar-refractivity contribution in [2.24, 2.45) is 0 Å². The highest BCUT2D eigenvalue weighted by atomic mass is 32.2. The zero-order valence-electron chi connectivity index (χ0n) is 9.32. The molecule has 1 aliphatic rings. The molecule has 1 aromatic heterocycles. The number of thiazole rings is 1. The van der Waals surface area contributed by atoms with Crippen LogP contribution in [0.3, 0.4) is 0 Å². The van der Waals surface area contributed by atoms with Crippen molar-refractivity contribution in [3.63, 3.8) is 0 Å². The Morgan fingerprint density at radius 3 is 3.20 bits per heavy atom. The van der Waals surface area contributed by atoms with Gasteiger partial charge in [0.05, 0.1) is 16.7 Å². The van der Waals surface area contributed by atoms with Crippen molar-refractivity contribution in [3.05, 3.63) is 16.1 Å². The third-order valence-electron chi connectivity index (χ3n) is 2.85. The number of aromatic nitrogens is 1. The zero-order chi connectivity index (χ0) is 10.7. The van der Waals surface area contributed by atoms with Crippen molar-refractivity contribution in [3.8, 4) is 0 Å². The number of nitrogens with zero attached hydrogens (tertiary/aromatic N) is 1. The first-order valence-corrected chi connectivity index (χ1v) is 7.61. The van der Waals surface area contributed by atoms with E-state index in [2.05, 4.69) is 24.5 Å². The summed E-state index contributed by atoms with van der Waals surface area (Å²) in [4.78, 5) is 4.75. The lowest BCUT2D eigenvalue weighted by Gasteiger charge is -2.21. The molecule has 15 heavy (non-hydrogen) atoms. The van der Waals surface area contributed by atoms with Crippen molar-refractivity contribution in [2.75, 3.05) is 18.1 Å². The first kappa shape index (κ1) is 11.4. The highest BCUT2D eigenvalue weighted by Crippen LogP contribution is 2.27. The Kier molecular flexibility index (Phi) is 4.05. The molecule has 4 heteroatoms. The molecule has 0 saturated carbocycles. The standard InChI is InChI=1S/C11H18N2S2/c1-3-8(2)11-13-10(7-15-11)9-6-14-5-4-12-9/h7-9,12H,3-6H2,1-2H3. The fraction of sp³-hybridized carbons (Fsp3) is 0.727. The molecule has 1 N–H and O–H groups in total. The van der Waals surface area contributed by atoms with E-state index in [1.54, 1.807) is 0 Å². The maximum absolute atomic E-state index is 4.75. The summed E-state index contributed by atoms with van der Waals surface area (Å²) in [6, 6.07) is 0.484. The summed E-state index contributed by atoms with van der Waals surface area (Å²) in [6.45, 7) is 5.59. The summed E-state index contributed by atoms with van der Waals surface area (Å²) < 4.78 is 0. The van der Waals surface area contributed by atoms with Crippen molar-refractivity contribution >= 4 is 23.1 Å². The molecule has 2 nitrogen and oxygen atoms in total. The third-order valence-corrected chi connectivity index (χ3v) is 5.01. The molecule has 1 aliphatic heterocycles. The van der Waals surface area contributed by atoms with Crippen LogP contribution >= 0.6 is 23.1 Å². The minimum atomic E-state index is 0.484. The predicted octanol–water partition coefficient (Wildman–Crippen LogP) is 3.03. The molecule has 0 bridgehead atoms. The Morgan fingerprint density at radius 1 is 1.67 bits per heavy atom. The summed E-state index contributed by atoms with van der Waals surface area (Å²) in [5.41, 5.74) is 1.25. The van der Waals surface area contributed by atoms with Crippen molar-refractivity contribution in [2.45, 2.75) is 32.2 Å². The molecule has 1 saturated heterocycles. The maximum Gasteiger partial charge on any atom is 0.0957 e.